The molecule has 0 amide bonds. The maximum atomic E-state index is 5.43. The first kappa shape index (κ1) is 18.3. The van der Waals surface area contributed by atoms with Crippen LogP contribution in [0.1, 0.15) is 49.5 Å². The second kappa shape index (κ2) is 8.23. The van der Waals surface area contributed by atoms with Crippen LogP contribution in [-0.2, 0) is 13.0 Å². The predicted molar refractivity (Wildman–Crippen MR) is 103 cm³/mol. The van der Waals surface area contributed by atoms with Crippen LogP contribution in [0.4, 0.5) is 0 Å². The molecule has 5 nitrogen and oxygen atoms in total. The molecule has 0 fully saturated rings. The summed E-state index contributed by atoms with van der Waals surface area (Å²) in [5.74, 6) is 1.60. The lowest BCUT2D eigenvalue weighted by molar-refractivity contribution is 0.334. The molecule has 3 aromatic rings. The van der Waals surface area contributed by atoms with Crippen LogP contribution in [0.2, 0.25) is 0 Å². The van der Waals surface area contributed by atoms with E-state index in [-0.39, 0.29) is 6.04 Å². The van der Waals surface area contributed by atoms with Crippen LogP contribution in [0.15, 0.2) is 47.1 Å². The fourth-order valence-corrected chi connectivity index (χ4v) is 3.00. The maximum Gasteiger partial charge on any atom is 0.240 e. The molecule has 1 atom stereocenters. The summed E-state index contributed by atoms with van der Waals surface area (Å²) in [4.78, 5) is 9.07. The molecular formula is C21H26N4O. The van der Waals surface area contributed by atoms with Crippen molar-refractivity contribution in [2.75, 3.05) is 0 Å². The van der Waals surface area contributed by atoms with E-state index in [2.05, 4.69) is 66.3 Å². The van der Waals surface area contributed by atoms with Crippen LogP contribution >= 0.6 is 0 Å². The second-order valence-electron chi connectivity index (χ2n) is 6.87. The fourth-order valence-electron chi connectivity index (χ4n) is 3.00. The Morgan fingerprint density at radius 1 is 1.12 bits per heavy atom. The van der Waals surface area contributed by atoms with Gasteiger partial charge in [0.15, 0.2) is 0 Å². The van der Waals surface area contributed by atoms with Crippen molar-refractivity contribution in [1.82, 2.24) is 20.4 Å². The molecule has 136 valence electrons. The van der Waals surface area contributed by atoms with E-state index in [0.29, 0.717) is 24.2 Å². The standard InChI is InChI=1S/C21H26N4O/c1-5-16-8-10-17(11-9-16)21-24-18(26-25-21)13-23-19(14(2)3)20-15(4)7-6-12-22-20/h6-12,14,19,23H,5,13H2,1-4H3. The van der Waals surface area contributed by atoms with E-state index in [1.54, 1.807) is 0 Å². The van der Waals surface area contributed by atoms with E-state index in [0.717, 1.165) is 17.7 Å². The molecule has 26 heavy (non-hydrogen) atoms. The Balaban J connectivity index is 1.70. The van der Waals surface area contributed by atoms with Gasteiger partial charge in [-0.3, -0.25) is 10.3 Å². The minimum Gasteiger partial charge on any atom is -0.338 e. The van der Waals surface area contributed by atoms with Gasteiger partial charge in [-0.1, -0.05) is 56.3 Å². The summed E-state index contributed by atoms with van der Waals surface area (Å²) < 4.78 is 5.43. The van der Waals surface area contributed by atoms with Gasteiger partial charge < -0.3 is 4.52 Å². The topological polar surface area (TPSA) is 63.8 Å². The van der Waals surface area contributed by atoms with E-state index < -0.39 is 0 Å². The van der Waals surface area contributed by atoms with E-state index in [4.69, 9.17) is 4.52 Å². The van der Waals surface area contributed by atoms with Crippen LogP contribution in [0.25, 0.3) is 11.4 Å². The molecule has 0 aliphatic heterocycles. The highest BCUT2D eigenvalue weighted by molar-refractivity contribution is 5.54. The first-order valence-corrected chi connectivity index (χ1v) is 9.15. The summed E-state index contributed by atoms with van der Waals surface area (Å²) in [6, 6.07) is 12.5. The van der Waals surface area contributed by atoms with Crippen LogP contribution in [-0.4, -0.2) is 15.1 Å². The highest BCUT2D eigenvalue weighted by Crippen LogP contribution is 2.23. The van der Waals surface area contributed by atoms with Gasteiger partial charge in [0.05, 0.1) is 18.3 Å². The zero-order chi connectivity index (χ0) is 18.5. The SMILES string of the molecule is CCc1ccc(-c2noc(CNC(c3ncccc3C)C(C)C)n2)cc1. The fraction of sp³-hybridized carbons (Fsp3) is 0.381. The van der Waals surface area contributed by atoms with Gasteiger partial charge in [-0.2, -0.15) is 4.98 Å². The lowest BCUT2D eigenvalue weighted by Gasteiger charge is -2.22. The number of hydrogen-bond acceptors (Lipinski definition) is 5. The number of hydrogen-bond donors (Lipinski definition) is 1. The highest BCUT2D eigenvalue weighted by Gasteiger charge is 2.19. The molecule has 0 bridgehead atoms. The second-order valence-corrected chi connectivity index (χ2v) is 6.87. The Morgan fingerprint density at radius 3 is 2.54 bits per heavy atom. The van der Waals surface area contributed by atoms with Gasteiger partial charge in [0.2, 0.25) is 11.7 Å². The number of aryl methyl sites for hydroxylation is 2. The van der Waals surface area contributed by atoms with E-state index in [1.807, 2.05) is 24.4 Å². The Labute approximate surface area is 154 Å². The van der Waals surface area contributed by atoms with Crippen molar-refractivity contribution in [3.05, 3.63) is 65.3 Å². The lowest BCUT2D eigenvalue weighted by Crippen LogP contribution is -2.27. The van der Waals surface area contributed by atoms with Gasteiger partial charge in [0.25, 0.3) is 0 Å². The molecule has 0 saturated heterocycles. The first-order chi connectivity index (χ1) is 12.6. The average Bonchev–Trinajstić information content (AvgIpc) is 3.12. The quantitative estimate of drug-likeness (QED) is 0.680. The van der Waals surface area contributed by atoms with E-state index >= 15 is 0 Å². The van der Waals surface area contributed by atoms with Gasteiger partial charge in [-0.15, -0.1) is 0 Å². The van der Waals surface area contributed by atoms with Crippen LogP contribution in [0.5, 0.6) is 0 Å². The Morgan fingerprint density at radius 2 is 1.88 bits per heavy atom. The summed E-state index contributed by atoms with van der Waals surface area (Å²) in [5.41, 5.74) is 4.51. The minimum absolute atomic E-state index is 0.135. The highest BCUT2D eigenvalue weighted by atomic mass is 16.5. The zero-order valence-corrected chi connectivity index (χ0v) is 15.9. The Kier molecular flexibility index (Phi) is 5.78. The number of nitrogens with one attached hydrogen (secondary N) is 1. The third-order valence-electron chi connectivity index (χ3n) is 4.57. The smallest absolute Gasteiger partial charge is 0.240 e. The molecule has 2 aromatic heterocycles. The molecule has 3 rings (SSSR count). The van der Waals surface area contributed by atoms with Gasteiger partial charge in [-0.05, 0) is 36.5 Å². The first-order valence-electron chi connectivity index (χ1n) is 9.15. The number of pyridine rings is 1. The van der Waals surface area contributed by atoms with Crippen LogP contribution in [0.3, 0.4) is 0 Å². The molecule has 0 saturated carbocycles. The molecule has 5 heteroatoms. The maximum absolute atomic E-state index is 5.43. The number of rotatable bonds is 7. The molecule has 1 N–H and O–H groups in total. The number of nitrogens with zero attached hydrogens (tertiary/aromatic N) is 3. The summed E-state index contributed by atoms with van der Waals surface area (Å²) in [6.07, 6.45) is 2.86. The van der Waals surface area contributed by atoms with Crippen molar-refractivity contribution in [3.63, 3.8) is 0 Å². The monoisotopic (exact) mass is 350 g/mol. The van der Waals surface area contributed by atoms with Crippen LogP contribution < -0.4 is 5.32 Å². The van der Waals surface area contributed by atoms with E-state index in [9.17, 15) is 0 Å². The Bertz CT molecular complexity index is 839. The molecular weight excluding hydrogens is 324 g/mol. The van der Waals surface area contributed by atoms with Gasteiger partial charge in [-0.25, -0.2) is 0 Å². The van der Waals surface area contributed by atoms with Crippen molar-refractivity contribution in [1.29, 1.82) is 0 Å². The van der Waals surface area contributed by atoms with Crippen LogP contribution in [0, 0.1) is 12.8 Å². The molecule has 2 heterocycles. The van der Waals surface area contributed by atoms with Gasteiger partial charge in [0, 0.05) is 11.8 Å². The van der Waals surface area contributed by atoms with Crippen molar-refractivity contribution in [2.24, 2.45) is 5.92 Å². The lowest BCUT2D eigenvalue weighted by atomic mass is 9.97. The number of aromatic nitrogens is 3. The molecule has 1 aromatic carbocycles. The third-order valence-corrected chi connectivity index (χ3v) is 4.57. The molecule has 1 unspecified atom stereocenters. The normalized spacial score (nSPS) is 12.5. The third kappa shape index (κ3) is 4.17. The summed E-state index contributed by atoms with van der Waals surface area (Å²) in [7, 11) is 0. The van der Waals surface area contributed by atoms with E-state index in [1.165, 1.54) is 11.1 Å². The average molecular weight is 350 g/mol. The predicted octanol–water partition coefficient (Wildman–Crippen LogP) is 4.49. The van der Waals surface area contributed by atoms with Gasteiger partial charge in [0.1, 0.15) is 0 Å². The summed E-state index contributed by atoms with van der Waals surface area (Å²) in [6.45, 7) is 9.10. The Hall–Kier alpha value is -2.53. The van der Waals surface area contributed by atoms with Gasteiger partial charge >= 0.3 is 0 Å². The molecule has 0 aliphatic carbocycles. The molecule has 0 radical (unpaired) electrons. The van der Waals surface area contributed by atoms with Crippen molar-refractivity contribution in [3.8, 4) is 11.4 Å². The molecule has 0 aliphatic rings. The number of benzene rings is 1. The minimum atomic E-state index is 0.135. The van der Waals surface area contributed by atoms with Crippen molar-refractivity contribution in [2.45, 2.75) is 46.7 Å². The van der Waals surface area contributed by atoms with Crippen molar-refractivity contribution >= 4 is 0 Å². The van der Waals surface area contributed by atoms with Crippen molar-refractivity contribution < 1.29 is 4.52 Å². The summed E-state index contributed by atoms with van der Waals surface area (Å²) >= 11 is 0. The zero-order valence-electron chi connectivity index (χ0n) is 15.9. The largest absolute Gasteiger partial charge is 0.338 e. The summed E-state index contributed by atoms with van der Waals surface area (Å²) in [5, 5.41) is 7.63. The molecule has 0 spiro atoms.